The highest BCUT2D eigenvalue weighted by Gasteiger charge is 2.20. The normalized spacial score (nSPS) is 10.5. The molecule has 0 spiro atoms. The van der Waals surface area contributed by atoms with Gasteiger partial charge in [-0.25, -0.2) is 0 Å². The summed E-state index contributed by atoms with van der Waals surface area (Å²) in [7, 11) is 1.83. The van der Waals surface area contributed by atoms with Crippen molar-refractivity contribution in [3.63, 3.8) is 0 Å². The van der Waals surface area contributed by atoms with Gasteiger partial charge >= 0.3 is 0 Å². The lowest BCUT2D eigenvalue weighted by Crippen LogP contribution is -2.22. The molecule has 2 aromatic carbocycles. The van der Waals surface area contributed by atoms with Crippen molar-refractivity contribution in [1.82, 2.24) is 4.57 Å². The smallest absolute Gasteiger partial charge is 0.296 e. The summed E-state index contributed by atoms with van der Waals surface area (Å²) in [6, 6.07) is 13.7. The van der Waals surface area contributed by atoms with Crippen molar-refractivity contribution in [2.24, 2.45) is 7.05 Å². The number of ketones is 1. The van der Waals surface area contributed by atoms with Crippen LogP contribution < -0.4 is 5.32 Å². The second kappa shape index (κ2) is 5.88. The molecule has 0 bridgehead atoms. The highest BCUT2D eigenvalue weighted by Crippen LogP contribution is 2.21. The van der Waals surface area contributed by atoms with Gasteiger partial charge in [0.05, 0.1) is 5.56 Å². The molecule has 1 N–H and O–H groups in total. The van der Waals surface area contributed by atoms with Crippen LogP contribution in [0.15, 0.2) is 54.7 Å². The van der Waals surface area contributed by atoms with E-state index in [4.69, 9.17) is 0 Å². The molecule has 0 aliphatic heterocycles. The fourth-order valence-corrected chi connectivity index (χ4v) is 2.48. The molecule has 0 aliphatic rings. The first-order valence-electron chi connectivity index (χ1n) is 7.05. The van der Waals surface area contributed by atoms with E-state index >= 15 is 0 Å². The van der Waals surface area contributed by atoms with Crippen molar-refractivity contribution >= 4 is 34.6 Å². The molecule has 0 aliphatic carbocycles. The molecule has 0 saturated heterocycles. The van der Waals surface area contributed by atoms with Crippen LogP contribution in [0.2, 0.25) is 0 Å². The lowest BCUT2D eigenvalue weighted by Gasteiger charge is -2.04. The second-order valence-electron chi connectivity index (χ2n) is 5.19. The number of aryl methyl sites for hydroxylation is 1. The molecule has 23 heavy (non-hydrogen) atoms. The zero-order valence-corrected chi connectivity index (χ0v) is 12.4. The van der Waals surface area contributed by atoms with Gasteiger partial charge < -0.3 is 9.88 Å². The number of hydrogen-bond acceptors (Lipinski definition) is 3. The summed E-state index contributed by atoms with van der Waals surface area (Å²) < 4.78 is 1.81. The van der Waals surface area contributed by atoms with Gasteiger partial charge in [0, 0.05) is 35.4 Å². The minimum Gasteiger partial charge on any atom is -0.350 e. The Hall–Kier alpha value is -3.21. The number of para-hydroxylation sites is 1. The van der Waals surface area contributed by atoms with Crippen molar-refractivity contribution < 1.29 is 14.4 Å². The predicted octanol–water partition coefficient (Wildman–Crippen LogP) is 2.81. The first kappa shape index (κ1) is 14.7. The van der Waals surface area contributed by atoms with E-state index in [2.05, 4.69) is 5.32 Å². The van der Waals surface area contributed by atoms with Gasteiger partial charge in [-0.05, 0) is 30.3 Å². The molecule has 3 rings (SSSR count). The third kappa shape index (κ3) is 2.76. The number of nitrogens with zero attached hydrogens (tertiary/aromatic N) is 1. The van der Waals surface area contributed by atoms with Gasteiger partial charge in [0.25, 0.3) is 11.7 Å². The standard InChI is InChI=1S/C18H14N2O3/c1-20-10-15(14-4-2-3-5-16(14)20)17(22)18(23)19-13-8-6-12(11-21)7-9-13/h2-11H,1H3,(H,19,23). The van der Waals surface area contributed by atoms with Crippen LogP contribution in [0.5, 0.6) is 0 Å². The van der Waals surface area contributed by atoms with Gasteiger partial charge in [0.15, 0.2) is 0 Å². The summed E-state index contributed by atoms with van der Waals surface area (Å²) in [6.07, 6.45) is 2.37. The molecular formula is C18H14N2O3. The van der Waals surface area contributed by atoms with E-state index < -0.39 is 11.7 Å². The van der Waals surface area contributed by atoms with Gasteiger partial charge in [-0.2, -0.15) is 0 Å². The zero-order valence-electron chi connectivity index (χ0n) is 12.4. The van der Waals surface area contributed by atoms with Gasteiger partial charge in [-0.15, -0.1) is 0 Å². The second-order valence-corrected chi connectivity index (χ2v) is 5.19. The molecule has 1 heterocycles. The van der Waals surface area contributed by atoms with E-state index in [1.807, 2.05) is 35.9 Å². The average molecular weight is 306 g/mol. The summed E-state index contributed by atoms with van der Waals surface area (Å²) in [5, 5.41) is 3.29. The number of carbonyl (C=O) groups excluding carboxylic acids is 3. The molecule has 0 atom stereocenters. The largest absolute Gasteiger partial charge is 0.350 e. The molecule has 0 saturated carbocycles. The molecule has 0 unspecified atom stereocenters. The van der Waals surface area contributed by atoms with E-state index in [1.165, 1.54) is 0 Å². The fourth-order valence-electron chi connectivity index (χ4n) is 2.48. The number of hydrogen-bond donors (Lipinski definition) is 1. The summed E-state index contributed by atoms with van der Waals surface area (Å²) >= 11 is 0. The molecule has 114 valence electrons. The van der Waals surface area contributed by atoms with Gasteiger partial charge in [0.1, 0.15) is 6.29 Å². The number of anilines is 1. The Bertz CT molecular complexity index is 908. The Labute approximate surface area is 132 Å². The molecule has 5 nitrogen and oxygen atoms in total. The molecule has 1 amide bonds. The zero-order chi connectivity index (χ0) is 16.4. The maximum absolute atomic E-state index is 12.4. The number of nitrogens with one attached hydrogen (secondary N) is 1. The molecule has 0 fully saturated rings. The van der Waals surface area contributed by atoms with E-state index in [0.717, 1.165) is 10.9 Å². The Kier molecular flexibility index (Phi) is 3.76. The van der Waals surface area contributed by atoms with E-state index in [0.29, 0.717) is 23.1 Å². The van der Waals surface area contributed by atoms with E-state index in [1.54, 1.807) is 30.5 Å². The van der Waals surface area contributed by atoms with Crippen LogP contribution in [0.25, 0.3) is 10.9 Å². The van der Waals surface area contributed by atoms with Crippen LogP contribution in [0.3, 0.4) is 0 Å². The van der Waals surface area contributed by atoms with Crippen LogP contribution in [0, 0.1) is 0 Å². The molecule has 1 aromatic heterocycles. The van der Waals surface area contributed by atoms with Gasteiger partial charge in [-0.1, -0.05) is 18.2 Å². The lowest BCUT2D eigenvalue weighted by atomic mass is 10.1. The number of benzene rings is 2. The minimum absolute atomic E-state index is 0.366. The van der Waals surface area contributed by atoms with Crippen LogP contribution in [0.4, 0.5) is 5.69 Å². The number of amides is 1. The Morgan fingerprint density at radius 3 is 2.43 bits per heavy atom. The Balaban J connectivity index is 1.86. The van der Waals surface area contributed by atoms with Crippen molar-refractivity contribution in [1.29, 1.82) is 0 Å². The highest BCUT2D eigenvalue weighted by atomic mass is 16.2. The monoisotopic (exact) mass is 306 g/mol. The number of aromatic nitrogens is 1. The molecule has 3 aromatic rings. The highest BCUT2D eigenvalue weighted by molar-refractivity contribution is 6.48. The number of aldehydes is 1. The number of Topliss-reactive ketones (excluding diaryl/α,β-unsaturated/α-hetero) is 1. The topological polar surface area (TPSA) is 68.2 Å². The van der Waals surface area contributed by atoms with E-state index in [-0.39, 0.29) is 0 Å². The van der Waals surface area contributed by atoms with Crippen LogP contribution >= 0.6 is 0 Å². The molecular weight excluding hydrogens is 292 g/mol. The third-order valence-electron chi connectivity index (χ3n) is 3.65. The third-order valence-corrected chi connectivity index (χ3v) is 3.65. The summed E-state index contributed by atoms with van der Waals surface area (Å²) in [5.41, 5.74) is 2.22. The summed E-state index contributed by atoms with van der Waals surface area (Å²) in [6.45, 7) is 0. The Morgan fingerprint density at radius 1 is 1.04 bits per heavy atom. The van der Waals surface area contributed by atoms with E-state index in [9.17, 15) is 14.4 Å². The number of carbonyl (C=O) groups is 3. The minimum atomic E-state index is -0.708. The van der Waals surface area contributed by atoms with Crippen molar-refractivity contribution in [3.05, 3.63) is 65.9 Å². The lowest BCUT2D eigenvalue weighted by molar-refractivity contribution is -0.112. The van der Waals surface area contributed by atoms with Crippen molar-refractivity contribution in [2.45, 2.75) is 0 Å². The predicted molar refractivity (Wildman–Crippen MR) is 87.7 cm³/mol. The molecule has 0 radical (unpaired) electrons. The van der Waals surface area contributed by atoms with Crippen molar-refractivity contribution in [2.75, 3.05) is 5.32 Å². The maximum Gasteiger partial charge on any atom is 0.296 e. The molecule has 5 heteroatoms. The quantitative estimate of drug-likeness (QED) is 0.458. The van der Waals surface area contributed by atoms with Crippen LogP contribution in [-0.2, 0) is 11.8 Å². The first-order valence-corrected chi connectivity index (χ1v) is 7.05. The van der Waals surface area contributed by atoms with Crippen LogP contribution in [0.1, 0.15) is 20.7 Å². The van der Waals surface area contributed by atoms with Gasteiger partial charge in [0.2, 0.25) is 0 Å². The number of rotatable bonds is 4. The Morgan fingerprint density at radius 2 is 1.74 bits per heavy atom. The maximum atomic E-state index is 12.4. The van der Waals surface area contributed by atoms with Crippen LogP contribution in [-0.4, -0.2) is 22.5 Å². The van der Waals surface area contributed by atoms with Crippen molar-refractivity contribution in [3.8, 4) is 0 Å². The average Bonchev–Trinajstić information content (AvgIpc) is 2.92. The summed E-state index contributed by atoms with van der Waals surface area (Å²) in [5.74, 6) is -1.30. The first-order chi connectivity index (χ1) is 11.1. The summed E-state index contributed by atoms with van der Waals surface area (Å²) in [4.78, 5) is 35.2. The number of fused-ring (bicyclic) bond motifs is 1. The SMILES string of the molecule is Cn1cc(C(=O)C(=O)Nc2ccc(C=O)cc2)c2ccccc21. The van der Waals surface area contributed by atoms with Gasteiger partial charge in [-0.3, -0.25) is 14.4 Å². The fraction of sp³-hybridized carbons (Fsp3) is 0.0556.